The van der Waals surface area contributed by atoms with Gasteiger partial charge in [0.2, 0.25) is 5.91 Å². The van der Waals surface area contributed by atoms with Gasteiger partial charge in [-0.3, -0.25) is 4.79 Å². The first kappa shape index (κ1) is 9.04. The molecule has 2 aliphatic rings. The van der Waals surface area contributed by atoms with E-state index in [9.17, 15) is 4.79 Å². The Kier molecular flexibility index (Phi) is 1.90. The summed E-state index contributed by atoms with van der Waals surface area (Å²) >= 11 is 0. The Hall–Kier alpha value is -0.530. The van der Waals surface area contributed by atoms with Crippen LogP contribution in [0.25, 0.3) is 0 Å². The molecule has 1 aliphatic carbocycles. The van der Waals surface area contributed by atoms with Gasteiger partial charge in [0.15, 0.2) is 0 Å². The molecule has 0 spiro atoms. The smallest absolute Gasteiger partial charge is 0.226 e. The van der Waals surface area contributed by atoms with E-state index >= 15 is 0 Å². The van der Waals surface area contributed by atoms with Crippen LogP contribution in [0.2, 0.25) is 0 Å². The van der Waals surface area contributed by atoms with Gasteiger partial charge in [-0.25, -0.2) is 0 Å². The fourth-order valence-corrected chi connectivity index (χ4v) is 2.76. The second-order valence-corrected chi connectivity index (χ2v) is 5.20. The molecular formula is C11H19NO. The zero-order valence-corrected chi connectivity index (χ0v) is 8.84. The fraction of sp³-hybridized carbons (Fsp3) is 0.909. The average molecular weight is 181 g/mol. The number of carbonyl (C=O) groups is 1. The van der Waals surface area contributed by atoms with Crippen molar-refractivity contribution in [2.45, 2.75) is 58.0 Å². The van der Waals surface area contributed by atoms with Crippen LogP contribution in [0.1, 0.15) is 46.5 Å². The van der Waals surface area contributed by atoms with Crippen LogP contribution in [-0.4, -0.2) is 22.4 Å². The third-order valence-corrected chi connectivity index (χ3v) is 3.58. The highest BCUT2D eigenvalue weighted by Gasteiger charge is 2.47. The van der Waals surface area contributed by atoms with Crippen LogP contribution in [0.4, 0.5) is 0 Å². The average Bonchev–Trinajstić information content (AvgIpc) is 1.78. The number of rotatable bonds is 1. The summed E-state index contributed by atoms with van der Waals surface area (Å²) in [5.41, 5.74) is 0.131. The highest BCUT2D eigenvalue weighted by atomic mass is 16.2. The number of nitrogens with zero attached hydrogens (tertiary/aromatic N) is 1. The summed E-state index contributed by atoms with van der Waals surface area (Å²) in [6.07, 6.45) is 4.65. The molecule has 0 aromatic heterocycles. The number of likely N-dealkylation sites (tertiary alicyclic amines) is 1. The van der Waals surface area contributed by atoms with Crippen LogP contribution in [0.3, 0.4) is 0 Å². The molecule has 1 unspecified atom stereocenters. The van der Waals surface area contributed by atoms with Gasteiger partial charge in [0.1, 0.15) is 0 Å². The molecule has 74 valence electrons. The molecule has 0 radical (unpaired) electrons. The third-order valence-electron chi connectivity index (χ3n) is 3.58. The molecule has 1 aliphatic heterocycles. The van der Waals surface area contributed by atoms with Crippen molar-refractivity contribution in [2.24, 2.45) is 5.92 Å². The van der Waals surface area contributed by atoms with Crippen molar-refractivity contribution in [1.29, 1.82) is 0 Å². The second kappa shape index (κ2) is 2.73. The summed E-state index contributed by atoms with van der Waals surface area (Å²) in [5, 5.41) is 0. The minimum absolute atomic E-state index is 0.131. The maximum absolute atomic E-state index is 12.0. The molecule has 0 aromatic rings. The Morgan fingerprint density at radius 1 is 1.38 bits per heavy atom. The molecule has 2 fully saturated rings. The molecular weight excluding hydrogens is 162 g/mol. The Balaban J connectivity index is 2.02. The van der Waals surface area contributed by atoms with E-state index in [1.165, 1.54) is 6.42 Å². The third kappa shape index (κ3) is 1.27. The normalized spacial score (nSPS) is 32.2. The number of carbonyl (C=O) groups excluding carboxylic acids is 1. The largest absolute Gasteiger partial charge is 0.334 e. The van der Waals surface area contributed by atoms with Crippen molar-refractivity contribution in [3.05, 3.63) is 0 Å². The first-order valence-corrected chi connectivity index (χ1v) is 5.35. The predicted molar refractivity (Wildman–Crippen MR) is 52.3 cm³/mol. The molecule has 0 bridgehead atoms. The molecule has 2 rings (SSSR count). The van der Waals surface area contributed by atoms with Gasteiger partial charge < -0.3 is 4.90 Å². The topological polar surface area (TPSA) is 20.3 Å². The molecule has 2 nitrogen and oxygen atoms in total. The summed E-state index contributed by atoms with van der Waals surface area (Å²) in [5.74, 6) is 0.775. The van der Waals surface area contributed by atoms with Crippen molar-refractivity contribution in [3.63, 3.8) is 0 Å². The number of amides is 1. The lowest BCUT2D eigenvalue weighted by molar-refractivity contribution is -0.159. The number of hydrogen-bond donors (Lipinski definition) is 0. The van der Waals surface area contributed by atoms with E-state index < -0.39 is 0 Å². The fourth-order valence-electron chi connectivity index (χ4n) is 2.76. The van der Waals surface area contributed by atoms with Crippen molar-refractivity contribution < 1.29 is 4.79 Å². The van der Waals surface area contributed by atoms with E-state index in [-0.39, 0.29) is 5.54 Å². The molecule has 2 heteroatoms. The Morgan fingerprint density at radius 2 is 2.00 bits per heavy atom. The lowest BCUT2D eigenvalue weighted by atomic mass is 9.77. The molecule has 0 aromatic carbocycles. The maximum atomic E-state index is 12.0. The van der Waals surface area contributed by atoms with Gasteiger partial charge >= 0.3 is 0 Å². The van der Waals surface area contributed by atoms with Crippen LogP contribution in [0.15, 0.2) is 0 Å². The molecule has 0 N–H and O–H groups in total. The van der Waals surface area contributed by atoms with Crippen molar-refractivity contribution >= 4 is 5.91 Å². The molecule has 1 saturated carbocycles. The standard InChI is InChI=1S/C11H19NO/c1-8-7-11(2,3)12(8)10(13)9-5-4-6-9/h8-9H,4-7H2,1-3H3. The summed E-state index contributed by atoms with van der Waals surface area (Å²) in [6.45, 7) is 6.49. The Labute approximate surface area is 80.3 Å². The minimum Gasteiger partial charge on any atom is -0.334 e. The van der Waals surface area contributed by atoms with Gasteiger partial charge in [0.05, 0.1) is 0 Å². The molecule has 1 atom stereocenters. The van der Waals surface area contributed by atoms with E-state index in [1.54, 1.807) is 0 Å². The van der Waals surface area contributed by atoms with Crippen LogP contribution in [0, 0.1) is 5.92 Å². The summed E-state index contributed by atoms with van der Waals surface area (Å²) < 4.78 is 0. The van der Waals surface area contributed by atoms with Crippen LogP contribution < -0.4 is 0 Å². The summed E-state index contributed by atoms with van der Waals surface area (Å²) in [7, 11) is 0. The monoisotopic (exact) mass is 181 g/mol. The SMILES string of the molecule is CC1CC(C)(C)N1C(=O)C1CCC1. The maximum Gasteiger partial charge on any atom is 0.226 e. The van der Waals surface area contributed by atoms with E-state index in [4.69, 9.17) is 0 Å². The van der Waals surface area contributed by atoms with Gasteiger partial charge in [-0.15, -0.1) is 0 Å². The van der Waals surface area contributed by atoms with Gasteiger partial charge in [0, 0.05) is 17.5 Å². The van der Waals surface area contributed by atoms with Crippen LogP contribution >= 0.6 is 0 Å². The summed E-state index contributed by atoms with van der Waals surface area (Å²) in [4.78, 5) is 14.1. The van der Waals surface area contributed by atoms with Gasteiger partial charge in [0.25, 0.3) is 0 Å². The summed E-state index contributed by atoms with van der Waals surface area (Å²) in [6, 6.07) is 0.475. The lowest BCUT2D eigenvalue weighted by Crippen LogP contribution is -2.65. The Bertz CT molecular complexity index is 230. The van der Waals surface area contributed by atoms with E-state index in [0.29, 0.717) is 17.9 Å². The lowest BCUT2D eigenvalue weighted by Gasteiger charge is -2.55. The second-order valence-electron chi connectivity index (χ2n) is 5.20. The van der Waals surface area contributed by atoms with E-state index in [0.717, 1.165) is 19.3 Å². The molecule has 1 amide bonds. The molecule has 13 heavy (non-hydrogen) atoms. The first-order valence-electron chi connectivity index (χ1n) is 5.35. The first-order chi connectivity index (χ1) is 6.02. The zero-order chi connectivity index (χ0) is 9.64. The van der Waals surface area contributed by atoms with Crippen LogP contribution in [-0.2, 0) is 4.79 Å². The highest BCUT2D eigenvalue weighted by molar-refractivity contribution is 5.81. The highest BCUT2D eigenvalue weighted by Crippen LogP contribution is 2.40. The molecule has 1 saturated heterocycles. The van der Waals surface area contributed by atoms with Crippen LogP contribution in [0.5, 0.6) is 0 Å². The minimum atomic E-state index is 0.131. The van der Waals surface area contributed by atoms with Gasteiger partial charge in [-0.05, 0) is 40.0 Å². The zero-order valence-electron chi connectivity index (χ0n) is 8.84. The van der Waals surface area contributed by atoms with Gasteiger partial charge in [-0.1, -0.05) is 6.42 Å². The van der Waals surface area contributed by atoms with Crippen molar-refractivity contribution in [3.8, 4) is 0 Å². The Morgan fingerprint density at radius 3 is 2.31 bits per heavy atom. The van der Waals surface area contributed by atoms with E-state index in [1.807, 2.05) is 0 Å². The predicted octanol–water partition coefficient (Wildman–Crippen LogP) is 2.19. The van der Waals surface area contributed by atoms with Gasteiger partial charge in [-0.2, -0.15) is 0 Å². The molecule has 1 heterocycles. The van der Waals surface area contributed by atoms with E-state index in [2.05, 4.69) is 25.7 Å². The number of hydrogen-bond acceptors (Lipinski definition) is 1. The van der Waals surface area contributed by atoms with Crippen molar-refractivity contribution in [2.75, 3.05) is 0 Å². The quantitative estimate of drug-likeness (QED) is 0.607. The van der Waals surface area contributed by atoms with Crippen molar-refractivity contribution in [1.82, 2.24) is 4.90 Å².